The van der Waals surface area contributed by atoms with Crippen molar-refractivity contribution < 1.29 is 15.0 Å². The third kappa shape index (κ3) is 6.08. The summed E-state index contributed by atoms with van der Waals surface area (Å²) in [5.74, 6) is -0.681. The Balaban J connectivity index is 1.49. The maximum absolute atomic E-state index is 13.0. The number of hydrogen-bond acceptors (Lipinski definition) is 6. The van der Waals surface area contributed by atoms with Gasteiger partial charge in [0.25, 0.3) is 5.91 Å². The largest absolute Gasteiger partial charge is 0.508 e. The van der Waals surface area contributed by atoms with Gasteiger partial charge in [0.1, 0.15) is 5.75 Å². The number of aryl methyl sites for hydroxylation is 2. The lowest BCUT2D eigenvalue weighted by atomic mass is 9.97. The van der Waals surface area contributed by atoms with Crippen molar-refractivity contribution in [1.29, 1.82) is 0 Å². The Hall–Kier alpha value is -3.23. The summed E-state index contributed by atoms with van der Waals surface area (Å²) in [5.41, 5.74) is 5.57. The third-order valence-electron chi connectivity index (χ3n) is 8.83. The van der Waals surface area contributed by atoms with E-state index >= 15 is 0 Å². The van der Waals surface area contributed by atoms with Crippen LogP contribution in [-0.2, 0) is 17.8 Å². The van der Waals surface area contributed by atoms with Gasteiger partial charge in [-0.3, -0.25) is 4.79 Å². The summed E-state index contributed by atoms with van der Waals surface area (Å²) in [6, 6.07) is 8.83. The number of rotatable bonds is 9. The fraction of sp³-hybridized carbons (Fsp3) is 0.531. The molecule has 2 aliphatic rings. The zero-order valence-corrected chi connectivity index (χ0v) is 24.2. The van der Waals surface area contributed by atoms with E-state index in [1.165, 1.54) is 37.7 Å². The summed E-state index contributed by atoms with van der Waals surface area (Å²) in [5, 5.41) is 30.5. The third-order valence-corrected chi connectivity index (χ3v) is 8.83. The minimum atomic E-state index is -0.516. The number of carbonyl (C=O) groups excluding carboxylic acids is 1. The molecule has 0 radical (unpaired) electrons. The van der Waals surface area contributed by atoms with E-state index in [2.05, 4.69) is 39.9 Å². The van der Waals surface area contributed by atoms with Gasteiger partial charge in [0.2, 0.25) is 5.88 Å². The van der Waals surface area contributed by atoms with E-state index in [4.69, 9.17) is 0 Å². The van der Waals surface area contributed by atoms with Gasteiger partial charge in [-0.1, -0.05) is 24.6 Å². The molecule has 0 spiro atoms. The first-order valence-corrected chi connectivity index (χ1v) is 14.9. The molecule has 2 fully saturated rings. The minimum absolute atomic E-state index is 0.0729. The molecule has 2 saturated heterocycles. The van der Waals surface area contributed by atoms with E-state index in [9.17, 15) is 15.0 Å². The smallest absolute Gasteiger partial charge is 0.271 e. The number of hydrogen-bond donors (Lipinski definition) is 2. The van der Waals surface area contributed by atoms with E-state index in [-0.39, 0.29) is 17.5 Å². The number of phenolic OH excluding ortho intramolecular Hbond substituents is 1. The number of nitrogens with zero attached hydrogens (tertiary/aromatic N) is 5. The topological polar surface area (TPSA) is 93.7 Å². The second-order valence-electron chi connectivity index (χ2n) is 11.6. The SMILES string of the molecule is Cc1c(CCN2CCCC2)cc(C)c2c1c(N=NC(=O)C(C)c1ccc(O)cc1)c(O)n2CCN1CCCCC1. The van der Waals surface area contributed by atoms with Gasteiger partial charge < -0.3 is 24.6 Å². The van der Waals surface area contributed by atoms with Crippen molar-refractivity contribution in [1.82, 2.24) is 14.4 Å². The zero-order valence-electron chi connectivity index (χ0n) is 24.2. The molecule has 0 bridgehead atoms. The second kappa shape index (κ2) is 12.5. The van der Waals surface area contributed by atoms with Crippen molar-refractivity contribution in [3.05, 3.63) is 52.6 Å². The first-order chi connectivity index (χ1) is 19.3. The minimum Gasteiger partial charge on any atom is -0.508 e. The average Bonchev–Trinajstić information content (AvgIpc) is 3.58. The predicted octanol–water partition coefficient (Wildman–Crippen LogP) is 6.21. The maximum atomic E-state index is 13.0. The van der Waals surface area contributed by atoms with Gasteiger partial charge in [0, 0.05) is 25.0 Å². The molecule has 8 heteroatoms. The lowest BCUT2D eigenvalue weighted by molar-refractivity contribution is -0.119. The monoisotopic (exact) mass is 545 g/mol. The highest BCUT2D eigenvalue weighted by molar-refractivity contribution is 6.00. The molecule has 1 aromatic heterocycles. The standard InChI is InChI=1S/C32H43N5O3/c1-22-21-26(13-18-35-16-7-8-17-35)23(2)28-29(33-34-31(39)24(3)25-9-11-27(38)12-10-25)32(40)37(30(22)28)20-19-36-14-5-4-6-15-36/h9-12,21,24,38,40H,4-8,13-20H2,1-3H3. The summed E-state index contributed by atoms with van der Waals surface area (Å²) in [6.45, 7) is 13.0. The van der Waals surface area contributed by atoms with Crippen molar-refractivity contribution in [3.8, 4) is 11.6 Å². The van der Waals surface area contributed by atoms with Crippen molar-refractivity contribution in [2.45, 2.75) is 71.8 Å². The van der Waals surface area contributed by atoms with Gasteiger partial charge in [0.05, 0.1) is 11.4 Å². The van der Waals surface area contributed by atoms with Crippen molar-refractivity contribution in [2.75, 3.05) is 39.3 Å². The Morgan fingerprint density at radius 1 is 0.900 bits per heavy atom. The van der Waals surface area contributed by atoms with Crippen LogP contribution in [0.2, 0.25) is 0 Å². The quantitative estimate of drug-likeness (QED) is 0.312. The number of fused-ring (bicyclic) bond motifs is 1. The van der Waals surface area contributed by atoms with Gasteiger partial charge in [-0.2, -0.15) is 0 Å². The molecular weight excluding hydrogens is 502 g/mol. The van der Waals surface area contributed by atoms with Crippen LogP contribution in [0.15, 0.2) is 40.6 Å². The number of phenols is 1. The van der Waals surface area contributed by atoms with Gasteiger partial charge in [-0.15, -0.1) is 10.2 Å². The van der Waals surface area contributed by atoms with E-state index in [1.807, 2.05) is 4.57 Å². The van der Waals surface area contributed by atoms with Gasteiger partial charge in [0.15, 0.2) is 5.69 Å². The molecular formula is C32H43N5O3. The normalized spacial score (nSPS) is 17.8. The molecule has 1 unspecified atom stereocenters. The molecule has 0 saturated carbocycles. The van der Waals surface area contributed by atoms with E-state index in [0.29, 0.717) is 12.2 Å². The number of carbonyl (C=O) groups is 1. The number of piperidine rings is 1. The molecule has 40 heavy (non-hydrogen) atoms. The van der Waals surface area contributed by atoms with Crippen LogP contribution in [0.1, 0.15) is 67.2 Å². The van der Waals surface area contributed by atoms with Crippen LogP contribution in [0.4, 0.5) is 5.69 Å². The number of aromatic nitrogens is 1. The van der Waals surface area contributed by atoms with Crippen LogP contribution in [0, 0.1) is 13.8 Å². The lowest BCUT2D eigenvalue weighted by Gasteiger charge is -2.26. The molecule has 5 rings (SSSR count). The Morgan fingerprint density at radius 3 is 2.20 bits per heavy atom. The average molecular weight is 546 g/mol. The Kier molecular flexibility index (Phi) is 8.86. The lowest BCUT2D eigenvalue weighted by Crippen LogP contribution is -2.32. The second-order valence-corrected chi connectivity index (χ2v) is 11.6. The Bertz CT molecular complexity index is 1370. The summed E-state index contributed by atoms with van der Waals surface area (Å²) in [4.78, 5) is 18.0. The first-order valence-electron chi connectivity index (χ1n) is 14.9. The van der Waals surface area contributed by atoms with Crippen LogP contribution in [0.3, 0.4) is 0 Å². The summed E-state index contributed by atoms with van der Waals surface area (Å²) < 4.78 is 1.97. The van der Waals surface area contributed by atoms with Crippen molar-refractivity contribution in [2.24, 2.45) is 10.2 Å². The van der Waals surface area contributed by atoms with E-state index in [0.717, 1.165) is 73.3 Å². The highest BCUT2D eigenvalue weighted by Crippen LogP contribution is 2.43. The number of amides is 1. The molecule has 3 aromatic rings. The van der Waals surface area contributed by atoms with Crippen LogP contribution in [-0.4, -0.2) is 69.8 Å². The Morgan fingerprint density at radius 2 is 1.52 bits per heavy atom. The van der Waals surface area contributed by atoms with Gasteiger partial charge in [-0.05, 0) is 113 Å². The van der Waals surface area contributed by atoms with Crippen LogP contribution in [0.25, 0.3) is 10.9 Å². The highest BCUT2D eigenvalue weighted by atomic mass is 16.3. The van der Waals surface area contributed by atoms with E-state index < -0.39 is 5.92 Å². The number of likely N-dealkylation sites (tertiary alicyclic amines) is 2. The molecule has 3 heterocycles. The fourth-order valence-electron chi connectivity index (χ4n) is 6.33. The van der Waals surface area contributed by atoms with Crippen LogP contribution >= 0.6 is 0 Å². The van der Waals surface area contributed by atoms with Gasteiger partial charge in [-0.25, -0.2) is 0 Å². The molecule has 2 aliphatic heterocycles. The number of aromatic hydroxyl groups is 2. The Labute approximate surface area is 237 Å². The summed E-state index contributed by atoms with van der Waals surface area (Å²) in [7, 11) is 0. The molecule has 2 aromatic carbocycles. The van der Waals surface area contributed by atoms with Crippen molar-refractivity contribution in [3.63, 3.8) is 0 Å². The molecule has 8 nitrogen and oxygen atoms in total. The zero-order chi connectivity index (χ0) is 28.2. The van der Waals surface area contributed by atoms with E-state index in [1.54, 1.807) is 31.2 Å². The van der Waals surface area contributed by atoms with Crippen molar-refractivity contribution >= 4 is 22.5 Å². The van der Waals surface area contributed by atoms with Gasteiger partial charge >= 0.3 is 0 Å². The number of benzene rings is 2. The molecule has 1 amide bonds. The molecule has 0 aliphatic carbocycles. The molecule has 214 valence electrons. The highest BCUT2D eigenvalue weighted by Gasteiger charge is 2.24. The summed E-state index contributed by atoms with van der Waals surface area (Å²) >= 11 is 0. The molecule has 2 N–H and O–H groups in total. The van der Waals surface area contributed by atoms with Crippen LogP contribution < -0.4 is 0 Å². The molecule has 1 atom stereocenters. The maximum Gasteiger partial charge on any atom is 0.271 e. The number of azo groups is 1. The van der Waals surface area contributed by atoms with Crippen LogP contribution in [0.5, 0.6) is 11.6 Å². The first kappa shape index (κ1) is 28.3. The fourth-order valence-corrected chi connectivity index (χ4v) is 6.33. The predicted molar refractivity (Wildman–Crippen MR) is 159 cm³/mol. The summed E-state index contributed by atoms with van der Waals surface area (Å²) in [6.07, 6.45) is 7.21.